The summed E-state index contributed by atoms with van der Waals surface area (Å²) < 4.78 is 4.97. The Hall–Kier alpha value is -3.03. The van der Waals surface area contributed by atoms with Crippen molar-refractivity contribution in [3.8, 4) is 23.1 Å². The van der Waals surface area contributed by atoms with Gasteiger partial charge < -0.3 is 20.1 Å². The average Bonchev–Trinajstić information content (AvgIpc) is 2.47. The zero-order chi connectivity index (χ0) is 14.5. The Morgan fingerprint density at radius 1 is 1.15 bits per heavy atom. The van der Waals surface area contributed by atoms with Gasteiger partial charge in [0.2, 0.25) is 11.6 Å². The van der Waals surface area contributed by atoms with Gasteiger partial charge in [-0.05, 0) is 12.1 Å². The number of nitrogens with zero attached hydrogens (tertiary/aromatic N) is 3. The number of benzene rings is 1. The standard InChI is InChI=1S/C12H12N4O4/c1-20-12-11(13-4-5-14-12)16-15-6-7-2-3-8(17)10(19)9(7)18/h2-6,17-19H,1H3,(H,13,16)/b15-6+. The first-order valence-electron chi connectivity index (χ1n) is 5.51. The monoisotopic (exact) mass is 276 g/mol. The van der Waals surface area contributed by atoms with Crippen LogP contribution in [0.2, 0.25) is 0 Å². The largest absolute Gasteiger partial charge is 0.504 e. The Morgan fingerprint density at radius 2 is 1.90 bits per heavy atom. The predicted octanol–water partition coefficient (Wildman–Crippen LogP) is 1.05. The Labute approximate surface area is 114 Å². The summed E-state index contributed by atoms with van der Waals surface area (Å²) in [7, 11) is 1.45. The highest BCUT2D eigenvalue weighted by atomic mass is 16.5. The van der Waals surface area contributed by atoms with Crippen LogP contribution in [-0.2, 0) is 0 Å². The number of hydrogen-bond donors (Lipinski definition) is 4. The van der Waals surface area contributed by atoms with Crippen LogP contribution in [0.1, 0.15) is 5.56 Å². The van der Waals surface area contributed by atoms with Gasteiger partial charge in [-0.15, -0.1) is 0 Å². The third kappa shape index (κ3) is 2.69. The number of aromatic nitrogens is 2. The number of hydrogen-bond acceptors (Lipinski definition) is 8. The third-order valence-corrected chi connectivity index (χ3v) is 2.39. The molecule has 0 spiro atoms. The van der Waals surface area contributed by atoms with Crippen molar-refractivity contribution in [2.45, 2.75) is 0 Å². The van der Waals surface area contributed by atoms with Crippen molar-refractivity contribution in [3.63, 3.8) is 0 Å². The molecule has 20 heavy (non-hydrogen) atoms. The van der Waals surface area contributed by atoms with E-state index in [4.69, 9.17) is 4.74 Å². The van der Waals surface area contributed by atoms with Crippen LogP contribution in [0.3, 0.4) is 0 Å². The van der Waals surface area contributed by atoms with Crippen LogP contribution in [0, 0.1) is 0 Å². The molecule has 0 radical (unpaired) electrons. The van der Waals surface area contributed by atoms with Crippen LogP contribution in [-0.4, -0.2) is 38.6 Å². The number of ether oxygens (including phenoxy) is 1. The van der Waals surface area contributed by atoms with E-state index in [2.05, 4.69) is 20.5 Å². The lowest BCUT2D eigenvalue weighted by Gasteiger charge is -2.05. The van der Waals surface area contributed by atoms with E-state index in [1.165, 1.54) is 37.9 Å². The molecule has 8 heteroatoms. The molecule has 1 aromatic heterocycles. The summed E-state index contributed by atoms with van der Waals surface area (Å²) in [4.78, 5) is 7.89. The smallest absolute Gasteiger partial charge is 0.258 e. The molecule has 1 aromatic carbocycles. The lowest BCUT2D eigenvalue weighted by Crippen LogP contribution is -1.98. The van der Waals surface area contributed by atoms with Crippen LogP contribution in [0.4, 0.5) is 5.82 Å². The second-order valence-electron chi connectivity index (χ2n) is 3.66. The fourth-order valence-electron chi connectivity index (χ4n) is 1.40. The van der Waals surface area contributed by atoms with Gasteiger partial charge in [0, 0.05) is 18.0 Å². The highest BCUT2D eigenvalue weighted by Crippen LogP contribution is 2.36. The minimum Gasteiger partial charge on any atom is -0.504 e. The maximum absolute atomic E-state index is 9.59. The highest BCUT2D eigenvalue weighted by Gasteiger charge is 2.09. The molecule has 1 heterocycles. The molecular formula is C12H12N4O4. The number of rotatable bonds is 4. The van der Waals surface area contributed by atoms with E-state index in [1.807, 2.05) is 0 Å². The summed E-state index contributed by atoms with van der Waals surface area (Å²) in [5.74, 6) is -0.924. The van der Waals surface area contributed by atoms with Gasteiger partial charge in [0.25, 0.3) is 5.88 Å². The third-order valence-electron chi connectivity index (χ3n) is 2.39. The highest BCUT2D eigenvalue weighted by molar-refractivity contribution is 5.86. The van der Waals surface area contributed by atoms with E-state index in [0.29, 0.717) is 5.82 Å². The van der Waals surface area contributed by atoms with Gasteiger partial charge in [0.1, 0.15) is 0 Å². The SMILES string of the molecule is COc1nccnc1N/N=C/c1ccc(O)c(O)c1O. The summed E-state index contributed by atoms with van der Waals surface area (Å²) in [6, 6.07) is 2.63. The molecule has 0 aliphatic heterocycles. The minimum absolute atomic E-state index is 0.218. The van der Waals surface area contributed by atoms with Crippen molar-refractivity contribution in [2.24, 2.45) is 5.10 Å². The first-order chi connectivity index (χ1) is 9.63. The summed E-state index contributed by atoms with van der Waals surface area (Å²) in [5, 5.41) is 32.0. The second kappa shape index (κ2) is 5.74. The van der Waals surface area contributed by atoms with Crippen molar-refractivity contribution in [1.82, 2.24) is 9.97 Å². The topological polar surface area (TPSA) is 120 Å². The van der Waals surface area contributed by atoms with Crippen molar-refractivity contribution in [3.05, 3.63) is 30.1 Å². The van der Waals surface area contributed by atoms with Crippen LogP contribution in [0.5, 0.6) is 23.1 Å². The molecule has 0 aliphatic rings. The van der Waals surface area contributed by atoms with Crippen molar-refractivity contribution >= 4 is 12.0 Å². The van der Waals surface area contributed by atoms with Gasteiger partial charge >= 0.3 is 0 Å². The number of anilines is 1. The molecule has 4 N–H and O–H groups in total. The summed E-state index contributed by atoms with van der Waals surface area (Å²) in [6.45, 7) is 0. The number of phenols is 3. The Morgan fingerprint density at radius 3 is 2.65 bits per heavy atom. The number of phenolic OH excluding ortho intramolecular Hbond substituents is 3. The van der Waals surface area contributed by atoms with Crippen LogP contribution in [0.15, 0.2) is 29.6 Å². The predicted molar refractivity (Wildman–Crippen MR) is 71.2 cm³/mol. The van der Waals surface area contributed by atoms with Gasteiger partial charge in [0.15, 0.2) is 11.5 Å². The molecule has 0 unspecified atom stereocenters. The van der Waals surface area contributed by atoms with E-state index in [-0.39, 0.29) is 11.4 Å². The molecule has 0 aliphatic carbocycles. The molecule has 8 nitrogen and oxygen atoms in total. The van der Waals surface area contributed by atoms with E-state index < -0.39 is 17.2 Å². The Bertz CT molecular complexity index is 645. The normalized spacial score (nSPS) is 10.7. The number of hydrazone groups is 1. The zero-order valence-corrected chi connectivity index (χ0v) is 10.5. The van der Waals surface area contributed by atoms with Gasteiger partial charge in [-0.1, -0.05) is 0 Å². The van der Waals surface area contributed by atoms with E-state index >= 15 is 0 Å². The summed E-state index contributed by atoms with van der Waals surface area (Å²) in [5.41, 5.74) is 2.81. The van der Waals surface area contributed by atoms with Crippen LogP contribution >= 0.6 is 0 Å². The molecule has 0 atom stereocenters. The second-order valence-corrected chi connectivity index (χ2v) is 3.66. The van der Waals surface area contributed by atoms with Gasteiger partial charge in [-0.3, -0.25) is 5.43 Å². The first-order valence-corrected chi connectivity index (χ1v) is 5.51. The zero-order valence-electron chi connectivity index (χ0n) is 10.5. The lowest BCUT2D eigenvalue weighted by molar-refractivity contribution is 0.367. The number of nitrogens with one attached hydrogen (secondary N) is 1. The Balaban J connectivity index is 2.17. The molecular weight excluding hydrogens is 264 g/mol. The van der Waals surface area contributed by atoms with E-state index in [1.54, 1.807) is 0 Å². The van der Waals surface area contributed by atoms with Crippen molar-refractivity contribution < 1.29 is 20.1 Å². The van der Waals surface area contributed by atoms with E-state index in [0.717, 1.165) is 0 Å². The van der Waals surface area contributed by atoms with Crippen molar-refractivity contribution in [1.29, 1.82) is 0 Å². The van der Waals surface area contributed by atoms with Crippen LogP contribution in [0.25, 0.3) is 0 Å². The molecule has 0 fully saturated rings. The maximum atomic E-state index is 9.59. The lowest BCUT2D eigenvalue weighted by atomic mass is 10.2. The summed E-state index contributed by atoms with van der Waals surface area (Å²) in [6.07, 6.45) is 4.18. The van der Waals surface area contributed by atoms with Gasteiger partial charge in [0.05, 0.1) is 13.3 Å². The maximum Gasteiger partial charge on any atom is 0.258 e. The van der Waals surface area contributed by atoms with E-state index in [9.17, 15) is 15.3 Å². The molecule has 0 saturated heterocycles. The first kappa shape index (κ1) is 13.4. The van der Waals surface area contributed by atoms with Crippen molar-refractivity contribution in [2.75, 3.05) is 12.5 Å². The van der Waals surface area contributed by atoms with Gasteiger partial charge in [-0.25, -0.2) is 9.97 Å². The number of aromatic hydroxyl groups is 3. The van der Waals surface area contributed by atoms with Crippen LogP contribution < -0.4 is 10.2 Å². The molecule has 0 saturated carbocycles. The fourth-order valence-corrected chi connectivity index (χ4v) is 1.40. The summed E-state index contributed by atoms with van der Waals surface area (Å²) >= 11 is 0. The number of methoxy groups -OCH3 is 1. The molecule has 2 aromatic rings. The minimum atomic E-state index is -0.606. The fraction of sp³-hybridized carbons (Fsp3) is 0.0833. The van der Waals surface area contributed by atoms with Gasteiger partial charge in [-0.2, -0.15) is 5.10 Å². The quantitative estimate of drug-likeness (QED) is 0.374. The molecule has 0 amide bonds. The molecule has 0 bridgehead atoms. The molecule has 2 rings (SSSR count). The molecule has 104 valence electrons. The Kier molecular flexibility index (Phi) is 3.85. The average molecular weight is 276 g/mol.